The summed E-state index contributed by atoms with van der Waals surface area (Å²) in [6, 6.07) is 5.82. The molecule has 2 aromatic rings. The van der Waals surface area contributed by atoms with Crippen LogP contribution in [0.3, 0.4) is 0 Å². The van der Waals surface area contributed by atoms with Crippen LogP contribution in [0.5, 0.6) is 0 Å². The predicted molar refractivity (Wildman–Crippen MR) is 59.8 cm³/mol. The second kappa shape index (κ2) is 3.41. The van der Waals surface area contributed by atoms with Gasteiger partial charge in [-0.3, -0.25) is 4.79 Å². The van der Waals surface area contributed by atoms with Crippen LogP contribution in [-0.2, 0) is 11.2 Å². The number of nitrogens with one attached hydrogen (secondary N) is 1. The number of amides is 1. The van der Waals surface area contributed by atoms with E-state index in [0.717, 1.165) is 22.4 Å². The van der Waals surface area contributed by atoms with E-state index in [-0.39, 0.29) is 5.91 Å². The van der Waals surface area contributed by atoms with E-state index >= 15 is 0 Å². The first kappa shape index (κ1) is 9.03. The Morgan fingerprint density at radius 1 is 1.19 bits per heavy atom. The zero-order valence-corrected chi connectivity index (χ0v) is 8.47. The van der Waals surface area contributed by atoms with Crippen molar-refractivity contribution in [1.29, 1.82) is 0 Å². The van der Waals surface area contributed by atoms with Crippen LogP contribution in [-0.4, -0.2) is 15.9 Å². The molecule has 1 N–H and O–H groups in total. The summed E-state index contributed by atoms with van der Waals surface area (Å²) in [5.74, 6) is 0.0410. The zero-order chi connectivity index (χ0) is 11.0. The van der Waals surface area contributed by atoms with Crippen molar-refractivity contribution in [3.05, 3.63) is 42.5 Å². The maximum Gasteiger partial charge on any atom is 0.228 e. The van der Waals surface area contributed by atoms with Crippen LogP contribution in [0.25, 0.3) is 11.1 Å². The number of fused-ring (bicyclic) bond motifs is 1. The van der Waals surface area contributed by atoms with Crippen LogP contribution in [0.15, 0.2) is 36.9 Å². The van der Waals surface area contributed by atoms with Crippen molar-refractivity contribution in [1.82, 2.24) is 9.97 Å². The van der Waals surface area contributed by atoms with E-state index < -0.39 is 0 Å². The Labute approximate surface area is 92.4 Å². The molecular formula is C12H9N3O. The molecule has 0 saturated heterocycles. The van der Waals surface area contributed by atoms with Gasteiger partial charge in [-0.15, -0.1) is 0 Å². The molecule has 4 nitrogen and oxygen atoms in total. The topological polar surface area (TPSA) is 54.9 Å². The molecular weight excluding hydrogens is 202 g/mol. The third-order valence-electron chi connectivity index (χ3n) is 2.66. The number of hydrogen-bond donors (Lipinski definition) is 1. The lowest BCUT2D eigenvalue weighted by atomic mass is 10.0. The molecule has 0 bridgehead atoms. The highest BCUT2D eigenvalue weighted by Gasteiger charge is 2.20. The van der Waals surface area contributed by atoms with Crippen molar-refractivity contribution in [3.63, 3.8) is 0 Å². The van der Waals surface area contributed by atoms with Crippen molar-refractivity contribution in [3.8, 4) is 11.1 Å². The molecule has 1 aromatic heterocycles. The first-order chi connectivity index (χ1) is 7.84. The highest BCUT2D eigenvalue weighted by atomic mass is 16.1. The minimum Gasteiger partial charge on any atom is -0.326 e. The summed E-state index contributed by atoms with van der Waals surface area (Å²) in [6.45, 7) is 0. The minimum absolute atomic E-state index is 0.0410. The van der Waals surface area contributed by atoms with Crippen molar-refractivity contribution < 1.29 is 4.79 Å². The van der Waals surface area contributed by atoms with Gasteiger partial charge in [0.15, 0.2) is 0 Å². The monoisotopic (exact) mass is 211 g/mol. The summed E-state index contributed by atoms with van der Waals surface area (Å²) in [5, 5.41) is 2.83. The molecule has 0 saturated carbocycles. The van der Waals surface area contributed by atoms with E-state index in [1.807, 2.05) is 18.2 Å². The number of hydrogen-bond acceptors (Lipinski definition) is 3. The quantitative estimate of drug-likeness (QED) is 0.780. The first-order valence-electron chi connectivity index (χ1n) is 5.02. The Bertz CT molecular complexity index is 551. The van der Waals surface area contributed by atoms with Gasteiger partial charge in [-0.05, 0) is 17.2 Å². The van der Waals surface area contributed by atoms with E-state index in [4.69, 9.17) is 0 Å². The van der Waals surface area contributed by atoms with Crippen molar-refractivity contribution in [2.24, 2.45) is 0 Å². The molecule has 0 radical (unpaired) electrons. The van der Waals surface area contributed by atoms with Gasteiger partial charge in [-0.2, -0.15) is 0 Å². The molecule has 78 valence electrons. The fraction of sp³-hybridized carbons (Fsp3) is 0.0833. The van der Waals surface area contributed by atoms with E-state index in [1.54, 1.807) is 12.4 Å². The molecule has 0 fully saturated rings. The molecule has 2 heterocycles. The lowest BCUT2D eigenvalue weighted by Gasteiger charge is -2.05. The molecule has 0 spiro atoms. The third kappa shape index (κ3) is 1.35. The smallest absolute Gasteiger partial charge is 0.228 e. The number of nitrogens with zero attached hydrogens (tertiary/aromatic N) is 2. The van der Waals surface area contributed by atoms with Gasteiger partial charge in [0.1, 0.15) is 6.33 Å². The second-order valence-corrected chi connectivity index (χ2v) is 3.68. The molecule has 1 aromatic carbocycles. The van der Waals surface area contributed by atoms with Gasteiger partial charge in [-0.1, -0.05) is 12.1 Å². The van der Waals surface area contributed by atoms with Crippen LogP contribution >= 0.6 is 0 Å². The number of aromatic nitrogens is 2. The van der Waals surface area contributed by atoms with Crippen LogP contribution in [0, 0.1) is 0 Å². The van der Waals surface area contributed by atoms with Crippen LogP contribution in [0.1, 0.15) is 5.56 Å². The summed E-state index contributed by atoms with van der Waals surface area (Å²) < 4.78 is 0. The predicted octanol–water partition coefficient (Wildman–Crippen LogP) is 1.64. The molecule has 3 rings (SSSR count). The van der Waals surface area contributed by atoms with Crippen molar-refractivity contribution >= 4 is 11.6 Å². The summed E-state index contributed by atoms with van der Waals surface area (Å²) >= 11 is 0. The SMILES string of the molecule is O=C1Cc2c(cccc2-c2cncnc2)N1. The average Bonchev–Trinajstić information content (AvgIpc) is 2.70. The van der Waals surface area contributed by atoms with Gasteiger partial charge in [0.25, 0.3) is 0 Å². The highest BCUT2D eigenvalue weighted by Crippen LogP contribution is 2.32. The maximum atomic E-state index is 11.3. The van der Waals surface area contributed by atoms with E-state index in [1.165, 1.54) is 6.33 Å². The molecule has 1 aliphatic rings. The van der Waals surface area contributed by atoms with Crippen LogP contribution < -0.4 is 5.32 Å². The standard InChI is InChI=1S/C12H9N3O/c16-12-4-10-9(2-1-3-11(10)15-12)8-5-13-7-14-6-8/h1-3,5-7H,4H2,(H,15,16). The first-order valence-corrected chi connectivity index (χ1v) is 5.02. The second-order valence-electron chi connectivity index (χ2n) is 3.68. The normalized spacial score (nSPS) is 13.4. The van der Waals surface area contributed by atoms with Gasteiger partial charge in [0, 0.05) is 23.6 Å². The molecule has 0 atom stereocenters. The summed E-state index contributed by atoms with van der Waals surface area (Å²) in [5.41, 5.74) is 3.89. The Morgan fingerprint density at radius 3 is 2.81 bits per heavy atom. The zero-order valence-electron chi connectivity index (χ0n) is 8.47. The fourth-order valence-electron chi connectivity index (χ4n) is 1.96. The molecule has 1 amide bonds. The maximum absolute atomic E-state index is 11.3. The number of carbonyl (C=O) groups excluding carboxylic acids is 1. The van der Waals surface area contributed by atoms with Crippen LogP contribution in [0.2, 0.25) is 0 Å². The number of benzene rings is 1. The van der Waals surface area contributed by atoms with Crippen molar-refractivity contribution in [2.45, 2.75) is 6.42 Å². The molecule has 16 heavy (non-hydrogen) atoms. The van der Waals surface area contributed by atoms with Gasteiger partial charge in [0.2, 0.25) is 5.91 Å². The van der Waals surface area contributed by atoms with E-state index in [9.17, 15) is 4.79 Å². The lowest BCUT2D eigenvalue weighted by molar-refractivity contribution is -0.115. The summed E-state index contributed by atoms with van der Waals surface area (Å²) in [6.07, 6.45) is 5.44. The van der Waals surface area contributed by atoms with E-state index in [2.05, 4.69) is 15.3 Å². The molecule has 1 aliphatic heterocycles. The van der Waals surface area contributed by atoms with Gasteiger partial charge in [0.05, 0.1) is 6.42 Å². The lowest BCUT2D eigenvalue weighted by Crippen LogP contribution is -2.03. The highest BCUT2D eigenvalue weighted by molar-refractivity contribution is 6.01. The largest absolute Gasteiger partial charge is 0.326 e. The average molecular weight is 211 g/mol. The summed E-state index contributed by atoms with van der Waals surface area (Å²) in [7, 11) is 0. The number of rotatable bonds is 1. The minimum atomic E-state index is 0.0410. The van der Waals surface area contributed by atoms with E-state index in [0.29, 0.717) is 6.42 Å². The molecule has 4 heteroatoms. The van der Waals surface area contributed by atoms with Crippen molar-refractivity contribution in [2.75, 3.05) is 5.32 Å². The Morgan fingerprint density at radius 2 is 2.00 bits per heavy atom. The number of anilines is 1. The number of carbonyl (C=O) groups is 1. The Kier molecular flexibility index (Phi) is 1.93. The molecule has 0 unspecified atom stereocenters. The Hall–Kier alpha value is -2.23. The van der Waals surface area contributed by atoms with Crippen LogP contribution in [0.4, 0.5) is 5.69 Å². The molecule has 0 aliphatic carbocycles. The Balaban J connectivity index is 2.17. The third-order valence-corrected chi connectivity index (χ3v) is 2.66. The van der Waals surface area contributed by atoms with Gasteiger partial charge in [-0.25, -0.2) is 9.97 Å². The van der Waals surface area contributed by atoms with Gasteiger partial charge < -0.3 is 5.32 Å². The van der Waals surface area contributed by atoms with Gasteiger partial charge >= 0.3 is 0 Å². The summed E-state index contributed by atoms with van der Waals surface area (Å²) in [4.78, 5) is 19.3. The fourth-order valence-corrected chi connectivity index (χ4v) is 1.96.